The van der Waals surface area contributed by atoms with Crippen LogP contribution >= 0.6 is 0 Å². The number of nitrogens with one attached hydrogen (secondary N) is 1. The van der Waals surface area contributed by atoms with Crippen LogP contribution in [0, 0.1) is 5.41 Å². The normalized spacial score (nSPS) is 18.4. The minimum absolute atomic E-state index is 0.246. The molecule has 0 saturated carbocycles. The largest absolute Gasteiger partial charge is 0.480 e. The Morgan fingerprint density at radius 3 is 2.66 bits per heavy atom. The maximum absolute atomic E-state index is 11.7. The number of aromatic nitrogens is 1. The Morgan fingerprint density at radius 1 is 1.17 bits per heavy atom. The first-order valence-electron chi connectivity index (χ1n) is 12.4. The predicted molar refractivity (Wildman–Crippen MR) is 148 cm³/mol. The molecular weight excluding hydrogens is 432 g/mol. The van der Waals surface area contributed by atoms with Gasteiger partial charge >= 0.3 is 5.97 Å². The molecule has 0 amide bonds. The number of aliphatic imine (C=N–C) groups is 1. The van der Waals surface area contributed by atoms with E-state index < -0.39 is 12.0 Å². The maximum atomic E-state index is 11.7. The molecule has 0 saturated heterocycles. The number of carbonyl (C=O) groups is 1. The average molecular weight is 471 g/mol. The van der Waals surface area contributed by atoms with E-state index in [-0.39, 0.29) is 5.41 Å². The number of H-pyrrole nitrogens is 1. The summed E-state index contributed by atoms with van der Waals surface area (Å²) >= 11 is 0. The molecule has 4 nitrogen and oxygen atoms in total. The second-order valence-electron chi connectivity index (χ2n) is 10.2. The summed E-state index contributed by atoms with van der Waals surface area (Å²) in [5.41, 5.74) is 7.37. The van der Waals surface area contributed by atoms with E-state index in [4.69, 9.17) is 0 Å². The minimum atomic E-state index is -0.926. The first kappa shape index (κ1) is 26.2. The summed E-state index contributed by atoms with van der Waals surface area (Å²) in [7, 11) is 0. The number of aliphatic carboxylic acids is 1. The molecule has 0 fully saturated rings. The molecule has 2 N–H and O–H groups in total. The Hall–Kier alpha value is -3.40. The third-order valence-corrected chi connectivity index (χ3v) is 6.75. The van der Waals surface area contributed by atoms with Gasteiger partial charge in [-0.05, 0) is 74.3 Å². The summed E-state index contributed by atoms with van der Waals surface area (Å²) < 4.78 is 0. The molecular formula is C31H38N2O2. The number of benzene rings is 1. The fourth-order valence-corrected chi connectivity index (χ4v) is 4.66. The van der Waals surface area contributed by atoms with Gasteiger partial charge in [-0.15, -0.1) is 0 Å². The van der Waals surface area contributed by atoms with Gasteiger partial charge < -0.3 is 10.1 Å². The third kappa shape index (κ3) is 7.29. The number of rotatable bonds is 9. The summed E-state index contributed by atoms with van der Waals surface area (Å²) in [5, 5.41) is 10.7. The molecule has 184 valence electrons. The number of nitrogens with zero attached hydrogens (tertiary/aromatic N) is 1. The number of carboxylic acid groups (broad SMARTS) is 1. The van der Waals surface area contributed by atoms with Gasteiger partial charge in [0.1, 0.15) is 0 Å². The van der Waals surface area contributed by atoms with Gasteiger partial charge in [0.2, 0.25) is 0 Å². The zero-order chi connectivity index (χ0) is 25.4. The molecule has 0 aliphatic heterocycles. The fraction of sp³-hybridized carbons (Fsp3) is 0.355. The Labute approximate surface area is 209 Å². The van der Waals surface area contributed by atoms with Crippen molar-refractivity contribution in [1.29, 1.82) is 0 Å². The molecule has 2 aromatic rings. The van der Waals surface area contributed by atoms with E-state index in [9.17, 15) is 9.90 Å². The third-order valence-electron chi connectivity index (χ3n) is 6.75. The highest BCUT2D eigenvalue weighted by Gasteiger charge is 2.26. The van der Waals surface area contributed by atoms with E-state index in [1.807, 2.05) is 55.6 Å². The van der Waals surface area contributed by atoms with Crippen LogP contribution in [0.2, 0.25) is 0 Å². The highest BCUT2D eigenvalue weighted by molar-refractivity contribution is 5.85. The van der Waals surface area contributed by atoms with Crippen LogP contribution in [-0.4, -0.2) is 28.3 Å². The van der Waals surface area contributed by atoms with Crippen molar-refractivity contribution >= 4 is 23.1 Å². The lowest BCUT2D eigenvalue weighted by Gasteiger charge is -2.32. The Morgan fingerprint density at radius 2 is 1.91 bits per heavy atom. The van der Waals surface area contributed by atoms with Gasteiger partial charge in [0.15, 0.2) is 6.04 Å². The van der Waals surface area contributed by atoms with Crippen molar-refractivity contribution in [3.8, 4) is 0 Å². The molecule has 4 heteroatoms. The molecule has 0 spiro atoms. The number of fused-ring (bicyclic) bond motifs is 1. The quantitative estimate of drug-likeness (QED) is 0.290. The van der Waals surface area contributed by atoms with E-state index in [1.54, 1.807) is 6.21 Å². The second-order valence-corrected chi connectivity index (χ2v) is 10.2. The monoisotopic (exact) mass is 470 g/mol. The molecule has 0 bridgehead atoms. The summed E-state index contributed by atoms with van der Waals surface area (Å²) in [6.45, 7) is 11.0. The van der Waals surface area contributed by atoms with Crippen LogP contribution in [0.25, 0.3) is 10.9 Å². The topological polar surface area (TPSA) is 65.5 Å². The van der Waals surface area contributed by atoms with Crippen LogP contribution in [0.1, 0.15) is 59.4 Å². The Bertz CT molecular complexity index is 1230. The van der Waals surface area contributed by atoms with E-state index in [1.165, 1.54) is 36.0 Å². The van der Waals surface area contributed by atoms with Crippen molar-refractivity contribution in [2.45, 2.75) is 66.3 Å². The standard InChI is InChI=1S/C31H38N2O2/c1-22(15-16-27-24(3)12-9-18-31(27,4)5)10-8-11-23(2)17-19-32-29(30(34)35)20-25-21-33-28-14-7-6-13-26(25)28/h6-8,10-11,13-17,19,21,29,33H,9,12,18,20H2,1-5H3,(H,34,35)/b11-8+,16-15+,22-10+,23-17+,32-19?/t29-/m0/s1. The summed E-state index contributed by atoms with van der Waals surface area (Å²) in [5.74, 6) is -0.926. The molecule has 0 unspecified atom stereocenters. The van der Waals surface area contributed by atoms with Gasteiger partial charge in [0.25, 0.3) is 0 Å². The van der Waals surface area contributed by atoms with Gasteiger partial charge in [-0.1, -0.05) is 73.6 Å². The van der Waals surface area contributed by atoms with Gasteiger partial charge in [-0.3, -0.25) is 4.99 Å². The molecule has 1 aromatic carbocycles. The summed E-state index contributed by atoms with van der Waals surface area (Å²) in [6.07, 6.45) is 20.0. The number of para-hydroxylation sites is 1. The minimum Gasteiger partial charge on any atom is -0.480 e. The molecule has 1 atom stereocenters. The molecule has 1 heterocycles. The zero-order valence-corrected chi connectivity index (χ0v) is 21.6. The van der Waals surface area contributed by atoms with Crippen molar-refractivity contribution in [1.82, 2.24) is 4.98 Å². The van der Waals surface area contributed by atoms with E-state index in [0.717, 1.165) is 22.0 Å². The fourth-order valence-electron chi connectivity index (χ4n) is 4.66. The first-order valence-corrected chi connectivity index (χ1v) is 12.4. The van der Waals surface area contributed by atoms with Crippen LogP contribution in [-0.2, 0) is 11.2 Å². The summed E-state index contributed by atoms with van der Waals surface area (Å²) in [6, 6.07) is 7.07. The lowest BCUT2D eigenvalue weighted by Crippen LogP contribution is -2.20. The van der Waals surface area contributed by atoms with Crippen LogP contribution in [0.4, 0.5) is 0 Å². The predicted octanol–water partition coefficient (Wildman–Crippen LogP) is 7.77. The number of aromatic amines is 1. The molecule has 3 rings (SSSR count). The van der Waals surface area contributed by atoms with E-state index in [0.29, 0.717) is 6.42 Å². The van der Waals surface area contributed by atoms with Gasteiger partial charge in [-0.2, -0.15) is 0 Å². The van der Waals surface area contributed by atoms with Gasteiger partial charge in [0.05, 0.1) is 0 Å². The Balaban J connectivity index is 1.61. The lowest BCUT2D eigenvalue weighted by atomic mass is 9.72. The summed E-state index contributed by atoms with van der Waals surface area (Å²) in [4.78, 5) is 19.2. The number of allylic oxidation sites excluding steroid dienone is 10. The van der Waals surface area contributed by atoms with Gasteiger partial charge in [-0.25, -0.2) is 4.79 Å². The van der Waals surface area contributed by atoms with Crippen LogP contribution in [0.3, 0.4) is 0 Å². The average Bonchev–Trinajstić information content (AvgIpc) is 3.20. The molecule has 1 aliphatic carbocycles. The van der Waals surface area contributed by atoms with E-state index >= 15 is 0 Å². The van der Waals surface area contributed by atoms with Crippen molar-refractivity contribution in [2.75, 3.05) is 0 Å². The van der Waals surface area contributed by atoms with Gasteiger partial charge in [0, 0.05) is 29.7 Å². The molecule has 1 aliphatic rings. The maximum Gasteiger partial charge on any atom is 0.328 e. The highest BCUT2D eigenvalue weighted by Crippen LogP contribution is 2.40. The number of hydrogen-bond acceptors (Lipinski definition) is 2. The molecule has 1 aromatic heterocycles. The molecule has 0 radical (unpaired) electrons. The molecule has 35 heavy (non-hydrogen) atoms. The van der Waals surface area contributed by atoms with E-state index in [2.05, 4.69) is 55.9 Å². The second kappa shape index (κ2) is 11.8. The first-order chi connectivity index (χ1) is 16.7. The zero-order valence-electron chi connectivity index (χ0n) is 21.6. The van der Waals surface area contributed by atoms with Crippen LogP contribution < -0.4 is 0 Å². The van der Waals surface area contributed by atoms with Crippen LogP contribution in [0.15, 0.2) is 94.2 Å². The number of hydrogen-bond donors (Lipinski definition) is 2. The van der Waals surface area contributed by atoms with Crippen LogP contribution in [0.5, 0.6) is 0 Å². The van der Waals surface area contributed by atoms with Crippen molar-refractivity contribution in [2.24, 2.45) is 10.4 Å². The lowest BCUT2D eigenvalue weighted by molar-refractivity contribution is -0.138. The SMILES string of the molecule is CC1=C(/C=C/C(C)=C/C=C/C(C)=C/C=N[C@@H](Cc2c[nH]c3ccccc23)C(=O)O)C(C)(C)CCC1. The van der Waals surface area contributed by atoms with Crippen molar-refractivity contribution in [3.63, 3.8) is 0 Å². The smallest absolute Gasteiger partial charge is 0.328 e. The van der Waals surface area contributed by atoms with Crippen molar-refractivity contribution < 1.29 is 9.90 Å². The Kier molecular flexibility index (Phi) is 8.86. The van der Waals surface area contributed by atoms with Crippen molar-refractivity contribution in [3.05, 3.63) is 94.8 Å². The number of carboxylic acids is 1. The highest BCUT2D eigenvalue weighted by atomic mass is 16.4.